The largest absolute Gasteiger partial charge is 1.00 e. The van der Waals surface area contributed by atoms with Crippen LogP contribution >= 0.6 is 7.82 Å². The first kappa shape index (κ1) is 30.6. The van der Waals surface area contributed by atoms with Crippen LogP contribution in [-0.4, -0.2) is 25.9 Å². The summed E-state index contributed by atoms with van der Waals surface area (Å²) in [4.78, 5) is 33.9. The fourth-order valence-corrected chi connectivity index (χ4v) is 2.96. The van der Waals surface area contributed by atoms with E-state index in [1.54, 1.807) is 24.3 Å². The van der Waals surface area contributed by atoms with Gasteiger partial charge in [0.2, 0.25) is 0 Å². The topological polar surface area (TPSA) is 120 Å². The van der Waals surface area contributed by atoms with Crippen LogP contribution in [0.25, 0.3) is 0 Å². The van der Waals surface area contributed by atoms with Crippen LogP contribution in [0.4, 0.5) is 4.79 Å². The maximum absolute atomic E-state index is 12.0. The second kappa shape index (κ2) is 16.1. The van der Waals surface area contributed by atoms with E-state index in [9.17, 15) is 19.1 Å². The van der Waals surface area contributed by atoms with Crippen molar-refractivity contribution >= 4 is 13.9 Å². The number of hydrogen-bond acceptors (Lipinski definition) is 7. The quantitative estimate of drug-likeness (QED) is 0.217. The van der Waals surface area contributed by atoms with E-state index in [2.05, 4.69) is 16.8 Å². The van der Waals surface area contributed by atoms with E-state index in [1.807, 2.05) is 0 Å². The number of hydrogen-bond donors (Lipinski definition) is 1. The smallest absolute Gasteiger partial charge is 0.790 e. The van der Waals surface area contributed by atoms with Crippen molar-refractivity contribution in [1.82, 2.24) is 5.32 Å². The average molecular weight is 433 g/mol. The van der Waals surface area contributed by atoms with Crippen molar-refractivity contribution in [1.29, 1.82) is 0 Å². The van der Waals surface area contributed by atoms with E-state index in [-0.39, 0.29) is 65.7 Å². The van der Waals surface area contributed by atoms with E-state index < -0.39 is 26.1 Å². The van der Waals surface area contributed by atoms with E-state index in [1.165, 1.54) is 14.0 Å². The monoisotopic (exact) mass is 433 g/mol. The number of amides is 1. The zero-order valence-electron chi connectivity index (χ0n) is 17.3. The normalized spacial score (nSPS) is 12.8. The molecule has 0 radical (unpaired) electrons. The number of benzene rings is 1. The summed E-state index contributed by atoms with van der Waals surface area (Å²) < 4.78 is 25.7. The Morgan fingerprint density at radius 3 is 2.46 bits per heavy atom. The summed E-state index contributed by atoms with van der Waals surface area (Å²) in [5.41, 5.74) is 0.522. The molecule has 0 aliphatic carbocycles. The Morgan fingerprint density at radius 1 is 1.21 bits per heavy atom. The summed E-state index contributed by atoms with van der Waals surface area (Å²) in [5, 5.41) is 2.56. The summed E-state index contributed by atoms with van der Waals surface area (Å²) in [5.74, 6) is 0.516. The summed E-state index contributed by atoms with van der Waals surface area (Å²) in [6, 6.07) is 5.76. The molecule has 0 heterocycles. The van der Waals surface area contributed by atoms with Crippen LogP contribution in [0.3, 0.4) is 0 Å². The summed E-state index contributed by atoms with van der Waals surface area (Å²) in [6.07, 6.45) is 2.01. The van der Waals surface area contributed by atoms with Crippen LogP contribution in [0.1, 0.15) is 51.1 Å². The molecule has 28 heavy (non-hydrogen) atoms. The molecule has 0 unspecified atom stereocenters. The molecule has 0 aliphatic rings. The van der Waals surface area contributed by atoms with Gasteiger partial charge in [0, 0.05) is 0 Å². The van der Waals surface area contributed by atoms with Crippen LogP contribution in [0.2, 0.25) is 0 Å². The molecule has 2 atom stereocenters. The van der Waals surface area contributed by atoms with Crippen molar-refractivity contribution in [3.63, 3.8) is 0 Å². The van der Waals surface area contributed by atoms with Gasteiger partial charge in [0.1, 0.15) is 5.75 Å². The number of carbonyl (C=O) groups is 1. The van der Waals surface area contributed by atoms with Gasteiger partial charge in [-0.05, 0) is 31.0 Å². The molecule has 148 valence electrons. The van der Waals surface area contributed by atoms with Crippen molar-refractivity contribution in [3.05, 3.63) is 29.8 Å². The third kappa shape index (κ3) is 12.9. The van der Waals surface area contributed by atoms with Crippen molar-refractivity contribution in [2.24, 2.45) is 0 Å². The summed E-state index contributed by atoms with van der Waals surface area (Å²) in [7, 11) is -3.73. The molecule has 0 bridgehead atoms. The number of ether oxygens (including phenoxy) is 2. The van der Waals surface area contributed by atoms with Crippen molar-refractivity contribution in [3.8, 4) is 5.75 Å². The molecule has 1 aromatic carbocycles. The number of carbonyl (C=O) groups excluding carboxylic acids is 1. The molecule has 0 spiro atoms. The van der Waals surface area contributed by atoms with Crippen molar-refractivity contribution in [2.45, 2.75) is 51.7 Å². The van der Waals surface area contributed by atoms with Crippen LogP contribution in [0, 0.1) is 0 Å². The molecular formula is C17H26NNa2O7P. The predicted molar refractivity (Wildman–Crippen MR) is 92.5 cm³/mol. The Morgan fingerprint density at radius 2 is 1.89 bits per heavy atom. The maximum atomic E-state index is 12.0. The van der Waals surface area contributed by atoms with Gasteiger partial charge in [-0.2, -0.15) is 0 Å². The maximum Gasteiger partial charge on any atom is 1.00 e. The fourth-order valence-electron chi connectivity index (χ4n) is 2.43. The van der Waals surface area contributed by atoms with Gasteiger partial charge < -0.3 is 33.7 Å². The third-order valence-electron chi connectivity index (χ3n) is 3.72. The molecule has 0 aromatic heterocycles. The van der Waals surface area contributed by atoms with E-state index in [0.717, 1.165) is 25.7 Å². The number of unbranched alkanes of at least 4 members (excludes halogenated alkanes) is 3. The van der Waals surface area contributed by atoms with Crippen LogP contribution in [-0.2, 0) is 13.8 Å². The molecule has 0 saturated carbocycles. The van der Waals surface area contributed by atoms with Gasteiger partial charge >= 0.3 is 65.2 Å². The molecule has 8 nitrogen and oxygen atoms in total. The molecule has 1 aromatic rings. The van der Waals surface area contributed by atoms with Crippen LogP contribution < -0.4 is 79.0 Å². The second-order valence-electron chi connectivity index (χ2n) is 5.85. The molecule has 1 N–H and O–H groups in total. The van der Waals surface area contributed by atoms with E-state index in [0.29, 0.717) is 11.3 Å². The second-order valence-corrected chi connectivity index (χ2v) is 6.96. The van der Waals surface area contributed by atoms with Crippen LogP contribution in [0.5, 0.6) is 5.75 Å². The number of rotatable bonds is 11. The standard InChI is InChI=1S/C17H28NO7P.2Na/c1-4-5-6-7-11-24-17(19)18-16(13(2)25-26(20,21)22)14-9-8-10-15(12-14)23-3;;/h8-10,12-13,16H,4-7,11H2,1-3H3,(H,18,19)(H2,20,21,22);;/q;2*+1/p-2/t13-,16+;;/m0../s1. The van der Waals surface area contributed by atoms with E-state index >= 15 is 0 Å². The summed E-state index contributed by atoms with van der Waals surface area (Å²) >= 11 is 0. The average Bonchev–Trinajstić information content (AvgIpc) is 2.58. The fraction of sp³-hybridized carbons (Fsp3) is 0.588. The Hall–Kier alpha value is 0.400. The Balaban J connectivity index is 0. The predicted octanol–water partition coefficient (Wildman–Crippen LogP) is -3.72. The molecule has 0 aliphatic heterocycles. The Kier molecular flexibility index (Phi) is 17.6. The Labute approximate surface area is 210 Å². The number of phosphoric ester groups is 1. The van der Waals surface area contributed by atoms with Crippen molar-refractivity contribution in [2.75, 3.05) is 13.7 Å². The number of methoxy groups -OCH3 is 1. The van der Waals surface area contributed by atoms with E-state index in [4.69, 9.17) is 9.47 Å². The Bertz CT molecular complexity index is 615. The van der Waals surface area contributed by atoms with Gasteiger partial charge in [-0.15, -0.1) is 0 Å². The SMILES string of the molecule is CCCCCCOC(=O)N[C@@H](c1cccc(OC)c1)[C@H](C)OP(=O)([O-])[O-].[Na+].[Na+]. The first-order valence-electron chi connectivity index (χ1n) is 8.54. The first-order valence-corrected chi connectivity index (χ1v) is 10.0. The number of nitrogens with one attached hydrogen (secondary N) is 1. The van der Waals surface area contributed by atoms with Gasteiger partial charge in [0.25, 0.3) is 0 Å². The third-order valence-corrected chi connectivity index (χ3v) is 4.31. The molecule has 1 amide bonds. The van der Waals surface area contributed by atoms with Gasteiger partial charge in [-0.1, -0.05) is 38.3 Å². The number of alkyl carbamates (subject to hydrolysis) is 1. The van der Waals surface area contributed by atoms with Gasteiger partial charge in [-0.25, -0.2) is 4.79 Å². The zero-order valence-corrected chi connectivity index (χ0v) is 22.2. The molecule has 0 saturated heterocycles. The minimum atomic E-state index is -5.22. The van der Waals surface area contributed by atoms with Crippen molar-refractivity contribution < 1.29 is 92.3 Å². The summed E-state index contributed by atoms with van der Waals surface area (Å²) in [6.45, 7) is 3.72. The number of phosphoric acid groups is 1. The molecule has 0 fully saturated rings. The minimum absolute atomic E-state index is 0. The first-order chi connectivity index (χ1) is 12.3. The molecular weight excluding hydrogens is 407 g/mol. The minimum Gasteiger partial charge on any atom is -0.790 e. The molecule has 1 rings (SSSR count). The van der Waals surface area contributed by atoms with Gasteiger partial charge in [0.05, 0.1) is 33.7 Å². The van der Waals surface area contributed by atoms with Crippen LogP contribution in [0.15, 0.2) is 24.3 Å². The van der Waals surface area contributed by atoms with Gasteiger partial charge in [-0.3, -0.25) is 0 Å². The molecule has 11 heteroatoms. The zero-order chi connectivity index (χ0) is 19.6. The van der Waals surface area contributed by atoms with Gasteiger partial charge in [0.15, 0.2) is 0 Å².